The first kappa shape index (κ1) is 49.0. The lowest BCUT2D eigenvalue weighted by atomic mass is 9.73. The van der Waals surface area contributed by atoms with Gasteiger partial charge in [0.15, 0.2) is 12.9 Å². The van der Waals surface area contributed by atoms with E-state index in [-0.39, 0.29) is 44.6 Å². The number of rotatable bonds is 12. The van der Waals surface area contributed by atoms with E-state index in [2.05, 4.69) is 5.16 Å². The fraction of sp³-hybridized carbons (Fsp3) is 0.674. The fourth-order valence-electron chi connectivity index (χ4n) is 8.69. The van der Waals surface area contributed by atoms with Crippen molar-refractivity contribution in [3.63, 3.8) is 0 Å². The molecule has 60 heavy (non-hydrogen) atoms. The molecule has 4 rings (SSSR count). The van der Waals surface area contributed by atoms with Crippen molar-refractivity contribution in [2.24, 2.45) is 28.8 Å². The number of likely N-dealkylation sites (N-methyl/N-ethyl adjacent to an activating group) is 1. The number of carbonyl (C=O) groups excluding carboxylic acids is 2. The van der Waals surface area contributed by atoms with Gasteiger partial charge in [-0.2, -0.15) is 0 Å². The molecule has 336 valence electrons. The topological polar surface area (TPSA) is 186 Å². The Hall–Kier alpha value is -3.63. The van der Waals surface area contributed by atoms with Crippen LogP contribution < -0.4 is 4.74 Å². The van der Waals surface area contributed by atoms with E-state index in [4.69, 9.17) is 28.5 Å². The third kappa shape index (κ3) is 12.5. The number of benzene rings is 2. The van der Waals surface area contributed by atoms with Crippen molar-refractivity contribution in [2.45, 2.75) is 148 Å². The van der Waals surface area contributed by atoms with Crippen LogP contribution in [0.1, 0.15) is 85.8 Å². The number of aliphatic hydroxyl groups is 4. The number of carbonyl (C=O) groups is 2. The number of aliphatic hydroxyl groups excluding tert-OH is 2. The number of cyclic esters (lactones) is 1. The molecule has 2 fully saturated rings. The molecule has 0 aromatic heterocycles. The largest absolute Gasteiger partial charge is 0.490 e. The Morgan fingerprint density at radius 3 is 2.22 bits per heavy atom. The van der Waals surface area contributed by atoms with Crippen molar-refractivity contribution in [2.75, 3.05) is 27.3 Å². The van der Waals surface area contributed by atoms with Gasteiger partial charge in [-0.1, -0.05) is 80.9 Å². The number of hydrogen-bond acceptors (Lipinski definition) is 14. The summed E-state index contributed by atoms with van der Waals surface area (Å²) in [6.07, 6.45) is -7.28. The molecule has 0 amide bonds. The molecular formula is C46H70N2O12. The fourth-order valence-corrected chi connectivity index (χ4v) is 8.69. The molecule has 2 aromatic rings. The summed E-state index contributed by atoms with van der Waals surface area (Å²) < 4.78 is 30.9. The molecule has 14 heteroatoms. The second-order valence-corrected chi connectivity index (χ2v) is 17.7. The van der Waals surface area contributed by atoms with Crippen molar-refractivity contribution in [3.05, 3.63) is 65.7 Å². The Bertz CT molecular complexity index is 1690. The predicted octanol–water partition coefficient (Wildman–Crippen LogP) is 4.84. The van der Waals surface area contributed by atoms with Crippen LogP contribution in [0, 0.1) is 30.6 Å². The minimum Gasteiger partial charge on any atom is -0.490 e. The number of aryl methyl sites for hydroxylation is 1. The summed E-state index contributed by atoms with van der Waals surface area (Å²) in [6, 6.07) is 16.3. The van der Waals surface area contributed by atoms with E-state index in [9.17, 15) is 30.0 Å². The first-order chi connectivity index (χ1) is 28.2. The Morgan fingerprint density at radius 1 is 0.950 bits per heavy atom. The van der Waals surface area contributed by atoms with Gasteiger partial charge in [0.1, 0.15) is 36.3 Å². The normalized spacial score (nSPS) is 36.6. The average Bonchev–Trinajstić information content (AvgIpc) is 3.19. The van der Waals surface area contributed by atoms with Gasteiger partial charge in [-0.25, -0.2) is 0 Å². The van der Waals surface area contributed by atoms with E-state index in [1.807, 2.05) is 94.4 Å². The number of nitrogens with zero attached hydrogens (tertiary/aromatic N) is 2. The molecule has 4 N–H and O–H groups in total. The molecule has 2 aliphatic rings. The van der Waals surface area contributed by atoms with E-state index in [0.29, 0.717) is 23.4 Å². The van der Waals surface area contributed by atoms with Crippen molar-refractivity contribution >= 4 is 17.7 Å². The Balaban J connectivity index is 1.79. The Kier molecular flexibility index (Phi) is 17.5. The van der Waals surface area contributed by atoms with E-state index in [1.165, 1.54) is 6.92 Å². The van der Waals surface area contributed by atoms with E-state index in [0.717, 1.165) is 5.56 Å². The molecule has 2 heterocycles. The third-order valence-electron chi connectivity index (χ3n) is 12.2. The van der Waals surface area contributed by atoms with Crippen LogP contribution in [0.3, 0.4) is 0 Å². The summed E-state index contributed by atoms with van der Waals surface area (Å²) in [6.45, 7) is 15.5. The maximum absolute atomic E-state index is 14.2. The van der Waals surface area contributed by atoms with Crippen molar-refractivity contribution in [1.29, 1.82) is 0 Å². The molecule has 0 bridgehead atoms. The summed E-state index contributed by atoms with van der Waals surface area (Å²) in [4.78, 5) is 35.7. The van der Waals surface area contributed by atoms with Crippen LogP contribution in [-0.4, -0.2) is 130 Å². The molecule has 0 unspecified atom stereocenters. The lowest BCUT2D eigenvalue weighted by Crippen LogP contribution is -2.60. The first-order valence-electron chi connectivity index (χ1n) is 21.3. The second kappa shape index (κ2) is 21.4. The predicted molar refractivity (Wildman–Crippen MR) is 226 cm³/mol. The van der Waals surface area contributed by atoms with Crippen LogP contribution in [-0.2, 0) is 39.8 Å². The van der Waals surface area contributed by atoms with E-state index in [1.54, 1.807) is 34.6 Å². The van der Waals surface area contributed by atoms with Gasteiger partial charge in [0.25, 0.3) is 0 Å². The lowest BCUT2D eigenvalue weighted by Gasteiger charge is -2.47. The molecule has 2 aromatic carbocycles. The zero-order valence-electron chi connectivity index (χ0n) is 37.3. The van der Waals surface area contributed by atoms with Crippen LogP contribution >= 0.6 is 0 Å². The van der Waals surface area contributed by atoms with Gasteiger partial charge in [-0.15, -0.1) is 0 Å². The number of oxime groups is 1. The number of para-hydroxylation sites is 1. The highest BCUT2D eigenvalue weighted by molar-refractivity contribution is 5.88. The highest BCUT2D eigenvalue weighted by Gasteiger charge is 2.52. The van der Waals surface area contributed by atoms with Gasteiger partial charge < -0.3 is 53.8 Å². The monoisotopic (exact) mass is 842 g/mol. The van der Waals surface area contributed by atoms with Crippen LogP contribution in [0.2, 0.25) is 0 Å². The van der Waals surface area contributed by atoms with Gasteiger partial charge in [0, 0.05) is 23.8 Å². The third-order valence-corrected chi connectivity index (χ3v) is 12.2. The van der Waals surface area contributed by atoms with Gasteiger partial charge in [0.05, 0.1) is 42.0 Å². The van der Waals surface area contributed by atoms with Crippen LogP contribution in [0.5, 0.6) is 5.75 Å². The van der Waals surface area contributed by atoms with E-state index < -0.39 is 83.6 Å². The lowest BCUT2D eigenvalue weighted by molar-refractivity contribution is -0.299. The second-order valence-electron chi connectivity index (χ2n) is 17.7. The zero-order chi connectivity index (χ0) is 44.5. The summed E-state index contributed by atoms with van der Waals surface area (Å²) in [5.41, 5.74) is -1.72. The number of esters is 2. The highest BCUT2D eigenvalue weighted by Crippen LogP contribution is 2.39. The van der Waals surface area contributed by atoms with Crippen molar-refractivity contribution in [3.8, 4) is 5.75 Å². The highest BCUT2D eigenvalue weighted by atomic mass is 16.7. The summed E-state index contributed by atoms with van der Waals surface area (Å²) in [7, 11) is 3.71. The quantitative estimate of drug-likeness (QED) is 0.129. The molecule has 2 aliphatic heterocycles. The molecule has 0 aliphatic carbocycles. The standard InChI is InChI=1S/C46H70N2O12/c1-12-36-46(9,54)41(51)30(5)38(47-56-23-22-55-34-16-14-13-15-17-34)28(3)26-45(8,53)42(60-44-39(50)35(48(10)11)24-29(4)57-44)31(6)40(32(7)43(52)58-36)59-37(49)25-33-20-18-27(2)19-21-33/h13-21,28-32,35-36,39-42,44,50-51,53-54H,12,22-26H2,1-11H3/b47-38+/t28-,29+,30-,31-,32+,35-,36+,39+,40-,41+,42+,44-,45-,46+/m0/s1. The van der Waals surface area contributed by atoms with Crippen LogP contribution in [0.25, 0.3) is 0 Å². The first-order valence-corrected chi connectivity index (χ1v) is 21.3. The van der Waals surface area contributed by atoms with Gasteiger partial charge in [-0.3, -0.25) is 9.59 Å². The van der Waals surface area contributed by atoms with Gasteiger partial charge >= 0.3 is 11.9 Å². The minimum absolute atomic E-state index is 0.0422. The van der Waals surface area contributed by atoms with Crippen molar-refractivity contribution < 1.29 is 58.5 Å². The maximum atomic E-state index is 14.2. The maximum Gasteiger partial charge on any atom is 0.312 e. The molecule has 14 nitrogen and oxygen atoms in total. The molecular weight excluding hydrogens is 773 g/mol. The zero-order valence-corrected chi connectivity index (χ0v) is 37.3. The number of hydrogen-bond donors (Lipinski definition) is 4. The molecule has 2 saturated heterocycles. The summed E-state index contributed by atoms with van der Waals surface area (Å²) in [5.74, 6) is -4.31. The van der Waals surface area contributed by atoms with Crippen LogP contribution in [0.15, 0.2) is 59.8 Å². The van der Waals surface area contributed by atoms with Gasteiger partial charge in [0.2, 0.25) is 0 Å². The SMILES string of the molecule is CC[C@H]1OC(=O)[C@H](C)[C@@H](OC(=O)Cc2ccc(C)cc2)[C@H](C)[C@@H](O[C@@H]2O[C@H](C)C[C@H](N(C)C)[C@H]2O)[C@@](C)(O)C[C@H](C)/C(=N\OCCOc2ccccc2)[C@H](C)[C@@H](O)[C@]1(C)O. The molecule has 14 atom stereocenters. The van der Waals surface area contributed by atoms with Gasteiger partial charge in [-0.05, 0) is 85.7 Å². The van der Waals surface area contributed by atoms with Crippen LogP contribution in [0.4, 0.5) is 0 Å². The number of ether oxygens (including phenoxy) is 5. The molecule has 0 radical (unpaired) electrons. The summed E-state index contributed by atoms with van der Waals surface area (Å²) >= 11 is 0. The minimum atomic E-state index is -1.98. The average molecular weight is 843 g/mol. The van der Waals surface area contributed by atoms with E-state index >= 15 is 0 Å². The molecule has 0 spiro atoms. The Morgan fingerprint density at radius 2 is 1.60 bits per heavy atom. The Labute approximate surface area is 356 Å². The molecule has 0 saturated carbocycles. The summed E-state index contributed by atoms with van der Waals surface area (Å²) in [5, 5.41) is 52.7. The smallest absolute Gasteiger partial charge is 0.312 e. The van der Waals surface area contributed by atoms with Crippen molar-refractivity contribution in [1.82, 2.24) is 4.90 Å².